The minimum absolute atomic E-state index is 0.0156. The molecule has 0 bridgehead atoms. The maximum absolute atomic E-state index is 12.4. The minimum atomic E-state index is -1.10. The van der Waals surface area contributed by atoms with Gasteiger partial charge >= 0.3 is 49.3 Å². The van der Waals surface area contributed by atoms with Gasteiger partial charge in [0.1, 0.15) is 41.1 Å². The number of amides is 3. The van der Waals surface area contributed by atoms with Crippen LogP contribution < -0.4 is 10.2 Å². The first-order valence-corrected chi connectivity index (χ1v) is 50.6. The van der Waals surface area contributed by atoms with Crippen LogP contribution in [0.4, 0.5) is 14.4 Å². The first-order valence-electron chi connectivity index (χ1n) is 48.2. The highest BCUT2D eigenvalue weighted by molar-refractivity contribution is 9.11. The number of likely N-dealkylation sites (tertiary alicyclic amines) is 1. The zero-order valence-corrected chi connectivity index (χ0v) is 86.9. The molecule has 2 saturated heterocycles. The van der Waals surface area contributed by atoms with E-state index < -0.39 is 25.0 Å². The number of carbonyl (C=O) groups is 7. The number of aromatic hydroxyl groups is 1. The number of oxazole rings is 3. The van der Waals surface area contributed by atoms with E-state index in [0.29, 0.717) is 70.8 Å². The lowest BCUT2D eigenvalue weighted by Gasteiger charge is -2.32. The van der Waals surface area contributed by atoms with E-state index in [9.17, 15) is 38.7 Å². The average Bonchev–Trinajstić information content (AvgIpc) is 1.59. The summed E-state index contributed by atoms with van der Waals surface area (Å²) in [6.07, 6.45) is 24.3. The van der Waals surface area contributed by atoms with Gasteiger partial charge in [-0.1, -0.05) is 162 Å². The first-order chi connectivity index (χ1) is 68.8. The Labute approximate surface area is 856 Å². The quantitative estimate of drug-likeness (QED) is 0.0289. The van der Waals surface area contributed by atoms with Crippen molar-refractivity contribution in [3.8, 4) is 67.5 Å². The number of hydrogen-bond donors (Lipinski definition) is 2. The molecule has 18 rings (SSSR count). The van der Waals surface area contributed by atoms with Gasteiger partial charge in [0.15, 0.2) is 79.6 Å². The first kappa shape index (κ1) is 108. The van der Waals surface area contributed by atoms with Crippen LogP contribution in [0.5, 0.6) is 11.5 Å². The van der Waals surface area contributed by atoms with Crippen molar-refractivity contribution in [3.05, 3.63) is 225 Å². The highest BCUT2D eigenvalue weighted by Gasteiger charge is 2.52. The van der Waals surface area contributed by atoms with Crippen LogP contribution in [0.1, 0.15) is 221 Å². The number of carbonyl (C=O) groups excluding carboxylic acids is 6. The summed E-state index contributed by atoms with van der Waals surface area (Å²) >= 11 is 10.1. The molecule has 143 heavy (non-hydrogen) atoms. The predicted molar refractivity (Wildman–Crippen MR) is 540 cm³/mol. The zero-order chi connectivity index (χ0) is 102. The van der Waals surface area contributed by atoms with Crippen LogP contribution in [0.15, 0.2) is 218 Å². The van der Waals surface area contributed by atoms with Crippen LogP contribution in [0.25, 0.3) is 56.0 Å². The molecular weight excluding hydrogens is 2040 g/mol. The van der Waals surface area contributed by atoms with Gasteiger partial charge in [-0.25, -0.2) is 43.7 Å². The van der Waals surface area contributed by atoms with Gasteiger partial charge in [0.05, 0.1) is 59.6 Å². The molecule has 2 N–H and O–H groups in total. The number of rotatable bonds is 26. The summed E-state index contributed by atoms with van der Waals surface area (Å²) in [5.74, 6) is 0.0461. The van der Waals surface area contributed by atoms with Crippen molar-refractivity contribution in [3.63, 3.8) is 0 Å². The summed E-state index contributed by atoms with van der Waals surface area (Å²) in [5.41, 5.74) is 8.87. The Kier molecular flexibility index (Phi) is 38.9. The molecule has 760 valence electrons. The topological polar surface area (TPSA) is 408 Å². The molecule has 38 heteroatoms. The number of hydrogen-bond acceptors (Lipinski definition) is 30. The third kappa shape index (κ3) is 29.2. The molecule has 7 aliphatic rings. The summed E-state index contributed by atoms with van der Waals surface area (Å²) in [7, 11) is 4.95. The van der Waals surface area contributed by atoms with Gasteiger partial charge in [0.2, 0.25) is 0 Å². The van der Waals surface area contributed by atoms with Gasteiger partial charge in [-0.3, -0.25) is 9.69 Å². The van der Waals surface area contributed by atoms with E-state index in [-0.39, 0.29) is 121 Å². The molecule has 4 saturated carbocycles. The number of aromatic nitrogens is 5. The van der Waals surface area contributed by atoms with E-state index in [2.05, 4.69) is 87.6 Å². The van der Waals surface area contributed by atoms with E-state index in [4.69, 9.17) is 70.2 Å². The van der Waals surface area contributed by atoms with Gasteiger partial charge in [-0.05, 0) is 240 Å². The monoisotopic (exact) mass is 2150 g/mol. The second kappa shape index (κ2) is 51.6. The number of carboxylic acid groups (broad SMARTS) is 1. The molecule has 5 aromatic heterocycles. The van der Waals surface area contributed by atoms with Gasteiger partial charge in [0, 0.05) is 82.5 Å². The Morgan fingerprint density at radius 3 is 1.31 bits per heavy atom. The minimum Gasteiger partial charge on any atom is -0.508 e. The lowest BCUT2D eigenvalue weighted by Crippen LogP contribution is -2.41. The van der Waals surface area contributed by atoms with Gasteiger partial charge < -0.3 is 94.5 Å². The molecule has 6 fully saturated rings. The van der Waals surface area contributed by atoms with E-state index in [1.165, 1.54) is 31.7 Å². The molecule has 34 nitrogen and oxygen atoms in total. The van der Waals surface area contributed by atoms with Crippen molar-refractivity contribution in [1.29, 1.82) is 0 Å². The summed E-state index contributed by atoms with van der Waals surface area (Å²) in [6, 6.07) is 45.6. The second-order valence-corrected chi connectivity index (χ2v) is 39.5. The van der Waals surface area contributed by atoms with Crippen molar-refractivity contribution in [2.24, 2.45) is 11.1 Å². The van der Waals surface area contributed by atoms with Crippen LogP contribution in [-0.2, 0) is 72.0 Å². The molecule has 4 atom stereocenters. The lowest BCUT2D eigenvalue weighted by atomic mass is 9.79. The van der Waals surface area contributed by atoms with E-state index in [1.807, 2.05) is 151 Å². The highest BCUT2D eigenvalue weighted by Crippen LogP contribution is 2.40. The third-order valence-electron chi connectivity index (χ3n) is 26.2. The average molecular weight is 2160 g/mol. The summed E-state index contributed by atoms with van der Waals surface area (Å²) < 4.78 is 78.9. The fourth-order valence-electron chi connectivity index (χ4n) is 17.6. The molecule has 8 heterocycles. The molecule has 3 amide bonds. The van der Waals surface area contributed by atoms with Gasteiger partial charge in [-0.15, -0.1) is 0 Å². The van der Waals surface area contributed by atoms with E-state index in [0.717, 1.165) is 180 Å². The van der Waals surface area contributed by atoms with Crippen LogP contribution in [0.3, 0.4) is 0 Å². The normalized spacial score (nSPS) is 17.9. The number of aromatic carboxylic acids is 1. The summed E-state index contributed by atoms with van der Waals surface area (Å²) in [4.78, 5) is 110. The fourth-order valence-corrected chi connectivity index (χ4v) is 18.3. The fraction of sp³-hybridized carbons (Fsp3) is 0.438. The maximum Gasteiger partial charge on any atom is 0.494 e. The predicted octanol–water partition coefficient (Wildman–Crippen LogP) is 22.4. The third-order valence-corrected chi connectivity index (χ3v) is 27.7. The molecule has 2 unspecified atom stereocenters. The molecule has 6 aromatic carbocycles. The number of nitrogens with zero attached hydrogens (tertiary/aromatic N) is 10. The Morgan fingerprint density at radius 2 is 0.888 bits per heavy atom. The molecule has 3 aliphatic heterocycles. The standard InChI is InChI=1S/C27H36N2O6.C23H31BN2O5.C17H20N2O4.C16H19BrN2O3.C12H10BrNO3.C10H6BrNO3/c1-18(2)34-26(30)20-7-6-10-23(15-20)35-22-13-11-19(12-14-22)25-24(33-17-28-25)16-32-27(31)29(3)21-8-4-5-9-21;1-22(2)23(3,4)31-24(30-22)17-12-10-16(11-13-17)20-19(29-15-25-20)14-28-21(27)26(5)18-8-6-7-9-18;1-19(13-4-2-3-5-13)17(21)22-10-15-16(18-11-23-15)12-6-8-14(20)9-7-12;1-2-21-16(20)14-13(11-5-7-12(17)8-6-11)15(22-18-14)19-9-3-4-10-19;1-2-16-12(15)11-10(7-17-14-11)8-3-5-9(13)6-4-8;11-7-3-1-6(2-4-7)8-5-15-12-9(8)10(13)14/h11-14,17-18,20-21,23H,4-10,15-16H2,1-3H3;10-13,15,18H,6-9,14H2,1-5H3;6-9,11,13,20H,2-5,10H2,1H3;5-8,13,15H,2-4,9-10H2,1H3;3-7H,2H2,1H3;1-5H,(H,13,14)/t20-,23-;;;;;/m0...../s1. The van der Waals surface area contributed by atoms with Crippen LogP contribution in [0.2, 0.25) is 0 Å². The number of phenols is 1. The number of benzene rings is 6. The number of oxime groups is 1. The van der Waals surface area contributed by atoms with Gasteiger partial charge in [0.25, 0.3) is 0 Å². The van der Waals surface area contributed by atoms with E-state index >= 15 is 0 Å². The van der Waals surface area contributed by atoms with Crippen molar-refractivity contribution in [2.75, 3.05) is 47.4 Å². The molecule has 4 aliphatic carbocycles. The Balaban J connectivity index is 0.000000147. The Bertz CT molecular complexity index is 5970. The number of phenolic OH excluding ortho intramolecular Hbond substituents is 1. The number of esters is 3. The maximum atomic E-state index is 12.4. The second-order valence-electron chi connectivity index (χ2n) is 36.7. The van der Waals surface area contributed by atoms with Crippen LogP contribution in [0, 0.1) is 5.92 Å². The summed E-state index contributed by atoms with van der Waals surface area (Å²) in [5, 5.41) is 29.3. The highest BCUT2D eigenvalue weighted by atomic mass is 79.9. The SMILES string of the molecule is CC(C)OC(=O)[C@H]1CCC[C@H](Oc2ccc(-c3ncoc3COC(=O)N(C)C3CCCC3)cc2)C1.CCOC(=O)C1=NOC(N2CCCC2)C1c1ccc(Br)cc1.CCOC(=O)c1nocc1-c1ccc(Br)cc1.CN(C(=O)OCc1ocnc1-c1ccc(B2OC(C)(C)C(C)(C)O2)cc1)C1CCCC1.CN(C(=O)OCc1ocnc1-c1ccc(O)cc1)C1CCCC1.O=C(O)c1nocc1-c1ccc(Br)cc1. The van der Waals surface area contributed by atoms with Crippen LogP contribution >= 0.6 is 47.8 Å². The lowest BCUT2D eigenvalue weighted by molar-refractivity contribution is -0.154. The number of ether oxygens (including phenoxy) is 7. The molecular formula is C105H122BBr3N10O24. The zero-order valence-electron chi connectivity index (χ0n) is 82.1. The molecule has 11 aromatic rings. The molecule has 0 radical (unpaired) electrons. The smallest absolute Gasteiger partial charge is 0.494 e. The summed E-state index contributed by atoms with van der Waals surface area (Å²) in [6.45, 7) is 18.1. The van der Waals surface area contributed by atoms with E-state index in [1.54, 1.807) is 86.1 Å². The van der Waals surface area contributed by atoms with Crippen molar-refractivity contribution in [1.82, 2.24) is 44.9 Å². The number of carboxylic acids is 1. The van der Waals surface area contributed by atoms with Gasteiger partial charge in [-0.2, -0.15) is 0 Å². The molecule has 0 spiro atoms. The Hall–Kier alpha value is -12.5. The Morgan fingerprint density at radius 1 is 0.490 bits per heavy atom. The van der Waals surface area contributed by atoms with Crippen LogP contribution in [-0.4, -0.2) is 205 Å². The van der Waals surface area contributed by atoms with Crippen molar-refractivity contribution in [2.45, 2.75) is 244 Å². The largest absolute Gasteiger partial charge is 0.508 e. The van der Waals surface area contributed by atoms with Crippen molar-refractivity contribution >= 4 is 108 Å². The van der Waals surface area contributed by atoms with Crippen molar-refractivity contribution < 1.29 is 113 Å². The number of halogens is 3.